The first kappa shape index (κ1) is 16.0. The summed E-state index contributed by atoms with van der Waals surface area (Å²) in [6, 6.07) is 5.98. The van der Waals surface area contributed by atoms with Crippen LogP contribution in [0.15, 0.2) is 34.9 Å². The van der Waals surface area contributed by atoms with Crippen LogP contribution in [0.3, 0.4) is 0 Å². The number of carboxylic acid groups (broad SMARTS) is 1. The Hall–Kier alpha value is -2.17. The molecule has 0 aliphatic heterocycles. The maximum atomic E-state index is 13.1. The summed E-state index contributed by atoms with van der Waals surface area (Å²) in [5.41, 5.74) is 0.718. The lowest BCUT2D eigenvalue weighted by molar-refractivity contribution is -0.144. The topological polar surface area (TPSA) is 63.3 Å². The molecular weight excluding hydrogens is 333 g/mol. The predicted octanol–water partition coefficient (Wildman–Crippen LogP) is 4.55. The van der Waals surface area contributed by atoms with Crippen LogP contribution in [-0.4, -0.2) is 16.1 Å². The Morgan fingerprint density at radius 2 is 1.81 bits per heavy atom. The zero-order valence-electron chi connectivity index (χ0n) is 14.5. The summed E-state index contributed by atoms with van der Waals surface area (Å²) in [5, 5.41) is 10.0. The maximum absolute atomic E-state index is 13.1. The summed E-state index contributed by atoms with van der Waals surface area (Å²) in [6.45, 7) is 0. The van der Waals surface area contributed by atoms with Crippen molar-refractivity contribution in [2.75, 3.05) is 0 Å². The SMILES string of the molecule is O=C(O)C1(Cc2coc(-c3ccc(F)cc3)n2)C2CC3CCC(C3)CC21. The van der Waals surface area contributed by atoms with Gasteiger partial charge in [-0.3, -0.25) is 4.79 Å². The molecule has 3 saturated carbocycles. The van der Waals surface area contributed by atoms with Gasteiger partial charge in [0, 0.05) is 12.0 Å². The molecule has 4 nitrogen and oxygen atoms in total. The molecule has 0 saturated heterocycles. The maximum Gasteiger partial charge on any atom is 0.310 e. The third-order valence-electron chi connectivity index (χ3n) is 7.04. The number of fused-ring (bicyclic) bond motifs is 3. The van der Waals surface area contributed by atoms with Crippen molar-refractivity contribution in [1.29, 1.82) is 0 Å². The minimum atomic E-state index is -0.680. The summed E-state index contributed by atoms with van der Waals surface area (Å²) in [7, 11) is 0. The molecule has 5 heteroatoms. The van der Waals surface area contributed by atoms with Crippen molar-refractivity contribution in [3.05, 3.63) is 42.0 Å². The third kappa shape index (κ3) is 2.40. The number of halogens is 1. The number of aliphatic carboxylic acids is 1. The number of aromatic nitrogens is 1. The number of rotatable bonds is 4. The van der Waals surface area contributed by atoms with Crippen LogP contribution in [0.2, 0.25) is 0 Å². The molecule has 3 fully saturated rings. The van der Waals surface area contributed by atoms with E-state index in [2.05, 4.69) is 4.98 Å². The number of benzene rings is 1. The van der Waals surface area contributed by atoms with Gasteiger partial charge in [0.05, 0.1) is 11.1 Å². The fraction of sp³-hybridized carbons (Fsp3) is 0.524. The predicted molar refractivity (Wildman–Crippen MR) is 92.7 cm³/mol. The van der Waals surface area contributed by atoms with Gasteiger partial charge in [0.1, 0.15) is 12.1 Å². The Balaban J connectivity index is 1.39. The second kappa shape index (κ2) is 5.66. The van der Waals surface area contributed by atoms with Gasteiger partial charge >= 0.3 is 5.97 Å². The van der Waals surface area contributed by atoms with E-state index < -0.39 is 11.4 Å². The van der Waals surface area contributed by atoms with Crippen LogP contribution in [0.1, 0.15) is 37.8 Å². The van der Waals surface area contributed by atoms with E-state index >= 15 is 0 Å². The first-order chi connectivity index (χ1) is 12.6. The fourth-order valence-electron chi connectivity index (χ4n) is 5.75. The molecular formula is C21H22FNO3. The summed E-state index contributed by atoms with van der Waals surface area (Å²) >= 11 is 0. The summed E-state index contributed by atoms with van der Waals surface area (Å²) < 4.78 is 18.6. The van der Waals surface area contributed by atoms with E-state index in [9.17, 15) is 14.3 Å². The minimum Gasteiger partial charge on any atom is -0.481 e. The molecule has 26 heavy (non-hydrogen) atoms. The number of carboxylic acids is 1. The van der Waals surface area contributed by atoms with Gasteiger partial charge in [-0.1, -0.05) is 12.8 Å². The van der Waals surface area contributed by atoms with Crippen LogP contribution in [0.4, 0.5) is 4.39 Å². The number of hydrogen-bond donors (Lipinski definition) is 1. The summed E-state index contributed by atoms with van der Waals surface area (Å²) in [6.07, 6.45) is 7.93. The summed E-state index contributed by atoms with van der Waals surface area (Å²) in [5.74, 6) is 1.41. The lowest BCUT2D eigenvalue weighted by Crippen LogP contribution is -2.24. The van der Waals surface area contributed by atoms with Crippen LogP contribution < -0.4 is 0 Å². The van der Waals surface area contributed by atoms with E-state index in [1.807, 2.05) is 0 Å². The van der Waals surface area contributed by atoms with Crippen molar-refractivity contribution in [3.63, 3.8) is 0 Å². The van der Waals surface area contributed by atoms with Crippen molar-refractivity contribution in [3.8, 4) is 11.5 Å². The fourth-order valence-corrected chi connectivity index (χ4v) is 5.75. The number of carbonyl (C=O) groups is 1. The van der Waals surface area contributed by atoms with Crippen LogP contribution >= 0.6 is 0 Å². The molecule has 1 N–H and O–H groups in total. The lowest BCUT2D eigenvalue weighted by Gasteiger charge is -2.16. The van der Waals surface area contributed by atoms with Gasteiger partial charge in [-0.2, -0.15) is 0 Å². The van der Waals surface area contributed by atoms with E-state index in [0.717, 1.165) is 12.8 Å². The molecule has 3 aliphatic carbocycles. The van der Waals surface area contributed by atoms with E-state index in [4.69, 9.17) is 4.42 Å². The van der Waals surface area contributed by atoms with Crippen molar-refractivity contribution in [2.24, 2.45) is 29.1 Å². The van der Waals surface area contributed by atoms with Gasteiger partial charge in [-0.25, -0.2) is 9.37 Å². The average molecular weight is 355 g/mol. The monoisotopic (exact) mass is 355 g/mol. The summed E-state index contributed by atoms with van der Waals surface area (Å²) in [4.78, 5) is 16.7. The molecule has 4 atom stereocenters. The standard InChI is InChI=1S/C21H22FNO3/c22-15-5-3-14(4-6-15)19-23-16(11-26-19)10-21(20(24)25)17-8-12-1-2-13(7-12)9-18(17)21/h3-6,11-13,17-18H,1-2,7-10H2,(H,24,25). The first-order valence-electron chi connectivity index (χ1n) is 9.50. The Kier molecular flexibility index (Phi) is 3.49. The van der Waals surface area contributed by atoms with Crippen molar-refractivity contribution < 1.29 is 18.7 Å². The van der Waals surface area contributed by atoms with E-state index in [-0.39, 0.29) is 17.7 Å². The van der Waals surface area contributed by atoms with Crippen LogP contribution in [0.5, 0.6) is 0 Å². The molecule has 1 aromatic heterocycles. The second-order valence-electron chi connectivity index (χ2n) is 8.40. The largest absolute Gasteiger partial charge is 0.481 e. The normalized spacial score (nSPS) is 35.0. The molecule has 4 unspecified atom stereocenters. The molecule has 1 aromatic carbocycles. The smallest absolute Gasteiger partial charge is 0.310 e. The first-order valence-corrected chi connectivity index (χ1v) is 9.50. The molecule has 2 bridgehead atoms. The second-order valence-corrected chi connectivity index (χ2v) is 8.40. The highest BCUT2D eigenvalue weighted by atomic mass is 19.1. The molecule has 1 heterocycles. The molecule has 3 aliphatic rings. The lowest BCUT2D eigenvalue weighted by atomic mass is 9.88. The van der Waals surface area contributed by atoms with Crippen molar-refractivity contribution >= 4 is 5.97 Å². The highest BCUT2D eigenvalue weighted by molar-refractivity contribution is 5.80. The Bertz CT molecular complexity index is 825. The number of hydrogen-bond acceptors (Lipinski definition) is 3. The third-order valence-corrected chi connectivity index (χ3v) is 7.04. The Labute approximate surface area is 151 Å². The van der Waals surface area contributed by atoms with Gasteiger partial charge in [0.15, 0.2) is 0 Å². The highest BCUT2D eigenvalue weighted by Crippen LogP contribution is 2.69. The molecule has 136 valence electrons. The van der Waals surface area contributed by atoms with Crippen molar-refractivity contribution in [2.45, 2.75) is 38.5 Å². The molecule has 5 rings (SSSR count). The van der Waals surface area contributed by atoms with Gasteiger partial charge in [-0.15, -0.1) is 0 Å². The average Bonchev–Trinajstić information content (AvgIpc) is 2.93. The highest BCUT2D eigenvalue weighted by Gasteiger charge is 2.70. The molecule has 0 amide bonds. The van der Waals surface area contributed by atoms with Gasteiger partial charge < -0.3 is 9.52 Å². The van der Waals surface area contributed by atoms with Crippen LogP contribution in [-0.2, 0) is 11.2 Å². The zero-order valence-corrected chi connectivity index (χ0v) is 14.5. The van der Waals surface area contributed by atoms with Crippen LogP contribution in [0, 0.1) is 34.9 Å². The number of nitrogens with zero attached hydrogens (tertiary/aromatic N) is 1. The van der Waals surface area contributed by atoms with E-state index in [1.165, 1.54) is 31.4 Å². The Morgan fingerprint density at radius 1 is 1.15 bits per heavy atom. The van der Waals surface area contributed by atoms with Crippen LogP contribution in [0.25, 0.3) is 11.5 Å². The molecule has 2 aromatic rings. The van der Waals surface area contributed by atoms with Gasteiger partial charge in [0.25, 0.3) is 0 Å². The molecule has 0 radical (unpaired) electrons. The zero-order chi connectivity index (χ0) is 17.9. The van der Waals surface area contributed by atoms with E-state index in [0.29, 0.717) is 35.4 Å². The Morgan fingerprint density at radius 3 is 2.42 bits per heavy atom. The quantitative estimate of drug-likeness (QED) is 0.874. The number of oxazole rings is 1. The van der Waals surface area contributed by atoms with Crippen molar-refractivity contribution in [1.82, 2.24) is 4.98 Å². The van der Waals surface area contributed by atoms with Gasteiger partial charge in [-0.05, 0) is 67.2 Å². The minimum absolute atomic E-state index is 0.279. The van der Waals surface area contributed by atoms with Gasteiger partial charge in [0.2, 0.25) is 5.89 Å². The molecule has 0 spiro atoms. The van der Waals surface area contributed by atoms with E-state index in [1.54, 1.807) is 18.4 Å².